The fourth-order valence-electron chi connectivity index (χ4n) is 4.86. The first-order valence-corrected chi connectivity index (χ1v) is 14.0. The van der Waals surface area contributed by atoms with E-state index in [2.05, 4.69) is 20.3 Å². The Labute approximate surface area is 223 Å². The van der Waals surface area contributed by atoms with Crippen molar-refractivity contribution >= 4 is 44.4 Å². The third-order valence-electron chi connectivity index (χ3n) is 6.90. The van der Waals surface area contributed by atoms with Gasteiger partial charge in [0.25, 0.3) is 10.0 Å². The fraction of sp³-hybridized carbons (Fsp3) is 0.308. The number of rotatable bonds is 7. The summed E-state index contributed by atoms with van der Waals surface area (Å²) in [7, 11) is -4.03. The van der Waals surface area contributed by atoms with Crippen LogP contribution in [0.4, 0.5) is 10.2 Å². The number of carboxylic acid groups (broad SMARTS) is 1. The van der Waals surface area contributed by atoms with Crippen molar-refractivity contribution in [3.05, 3.63) is 65.3 Å². The van der Waals surface area contributed by atoms with E-state index in [9.17, 15) is 22.7 Å². The molecule has 0 radical (unpaired) electrons. The number of nitrogens with one attached hydrogen (secondary N) is 1. The molecule has 2 unspecified atom stereocenters. The number of pyridine rings is 1. The quantitative estimate of drug-likeness (QED) is 0.320. The molecular formula is C26H25ClFN5O4S. The van der Waals surface area contributed by atoms with Gasteiger partial charge in [0.15, 0.2) is 23.1 Å². The molecule has 2 N–H and O–H groups in total. The lowest BCUT2D eigenvalue weighted by atomic mass is 9.79. The van der Waals surface area contributed by atoms with Crippen molar-refractivity contribution in [2.24, 2.45) is 11.8 Å². The standard InChI is InChI=1S/C26H25ClFN5O4S/c1-15-6-8-18(9-7-15)38(36,37)33-14-21(20-10-17(27)12-31-25(20)33)23-30-13-22(28)24(32-23)29-11-16-4-2-3-5-19(16)26(34)35/h6-10,12-14,16,19H,2-5,11H2,1H3,(H,34,35)(H,29,30,32). The first-order chi connectivity index (χ1) is 18.1. The van der Waals surface area contributed by atoms with Crippen molar-refractivity contribution < 1.29 is 22.7 Å². The maximum absolute atomic E-state index is 14.7. The van der Waals surface area contributed by atoms with Crippen molar-refractivity contribution in [1.82, 2.24) is 18.9 Å². The highest BCUT2D eigenvalue weighted by molar-refractivity contribution is 7.90. The van der Waals surface area contributed by atoms with Crippen molar-refractivity contribution in [2.75, 3.05) is 11.9 Å². The maximum atomic E-state index is 14.7. The number of carboxylic acids is 1. The Morgan fingerprint density at radius 3 is 2.66 bits per heavy atom. The maximum Gasteiger partial charge on any atom is 0.306 e. The molecule has 3 aromatic heterocycles. The number of hydrogen-bond donors (Lipinski definition) is 2. The van der Waals surface area contributed by atoms with Crippen LogP contribution >= 0.6 is 11.6 Å². The third kappa shape index (κ3) is 4.95. The minimum absolute atomic E-state index is 0.0688. The predicted octanol–water partition coefficient (Wildman–Crippen LogP) is 5.13. The SMILES string of the molecule is Cc1ccc(S(=O)(=O)n2cc(-c3ncc(F)c(NCC4CCCCC4C(=O)O)n3)c3cc(Cl)cnc32)cc1. The molecule has 4 aromatic rings. The van der Waals surface area contributed by atoms with E-state index in [1.807, 2.05) is 6.92 Å². The average Bonchev–Trinajstić information content (AvgIpc) is 3.28. The van der Waals surface area contributed by atoms with Gasteiger partial charge >= 0.3 is 5.97 Å². The molecule has 2 atom stereocenters. The lowest BCUT2D eigenvalue weighted by molar-refractivity contribution is -0.144. The highest BCUT2D eigenvalue weighted by Crippen LogP contribution is 2.34. The number of hydrogen-bond acceptors (Lipinski definition) is 7. The van der Waals surface area contributed by atoms with Gasteiger partial charge in [-0.1, -0.05) is 42.1 Å². The van der Waals surface area contributed by atoms with E-state index in [1.54, 1.807) is 18.2 Å². The van der Waals surface area contributed by atoms with Gasteiger partial charge in [-0.15, -0.1) is 0 Å². The molecule has 0 saturated heterocycles. The van der Waals surface area contributed by atoms with Gasteiger partial charge in [-0.25, -0.2) is 31.7 Å². The molecule has 9 nitrogen and oxygen atoms in total. The summed E-state index contributed by atoms with van der Waals surface area (Å²) in [4.78, 5) is 24.4. The third-order valence-corrected chi connectivity index (χ3v) is 8.77. The van der Waals surface area contributed by atoms with Crippen LogP contribution in [0.5, 0.6) is 0 Å². The van der Waals surface area contributed by atoms with Crippen LogP contribution in [-0.4, -0.2) is 45.0 Å². The van der Waals surface area contributed by atoms with Gasteiger partial charge in [0.2, 0.25) is 0 Å². The topological polar surface area (TPSA) is 127 Å². The van der Waals surface area contributed by atoms with Gasteiger partial charge in [0.05, 0.1) is 22.0 Å². The van der Waals surface area contributed by atoms with Gasteiger partial charge in [0.1, 0.15) is 0 Å². The summed E-state index contributed by atoms with van der Waals surface area (Å²) >= 11 is 6.19. The second-order valence-electron chi connectivity index (χ2n) is 9.44. The van der Waals surface area contributed by atoms with E-state index in [0.29, 0.717) is 17.4 Å². The number of aromatic nitrogens is 4. The van der Waals surface area contributed by atoms with E-state index in [0.717, 1.165) is 35.0 Å². The summed E-state index contributed by atoms with van der Waals surface area (Å²) in [6, 6.07) is 7.98. The summed E-state index contributed by atoms with van der Waals surface area (Å²) in [6.07, 6.45) is 6.76. The van der Waals surface area contributed by atoms with Crippen molar-refractivity contribution in [3.63, 3.8) is 0 Å². The highest BCUT2D eigenvalue weighted by Gasteiger charge is 2.31. The molecule has 1 aliphatic rings. The van der Waals surface area contributed by atoms with E-state index < -0.39 is 27.7 Å². The van der Waals surface area contributed by atoms with Crippen molar-refractivity contribution in [2.45, 2.75) is 37.5 Å². The van der Waals surface area contributed by atoms with Crippen LogP contribution in [0.2, 0.25) is 5.02 Å². The minimum atomic E-state index is -4.03. The Morgan fingerprint density at radius 1 is 1.18 bits per heavy atom. The monoisotopic (exact) mass is 557 g/mol. The number of benzene rings is 1. The zero-order chi connectivity index (χ0) is 27.0. The molecule has 1 aromatic carbocycles. The fourth-order valence-corrected chi connectivity index (χ4v) is 6.35. The second kappa shape index (κ2) is 10.3. The molecule has 1 aliphatic carbocycles. The molecule has 5 rings (SSSR count). The highest BCUT2D eigenvalue weighted by atomic mass is 35.5. The first kappa shape index (κ1) is 26.1. The minimum Gasteiger partial charge on any atom is -0.481 e. The largest absolute Gasteiger partial charge is 0.481 e. The van der Waals surface area contributed by atoms with E-state index in [4.69, 9.17) is 11.6 Å². The van der Waals surface area contributed by atoms with Gasteiger partial charge < -0.3 is 10.4 Å². The lowest BCUT2D eigenvalue weighted by Crippen LogP contribution is -2.32. The Bertz CT molecular complexity index is 1620. The normalized spacial score (nSPS) is 18.0. The Balaban J connectivity index is 1.54. The number of anilines is 1. The molecule has 3 heterocycles. The molecule has 12 heteroatoms. The van der Waals surface area contributed by atoms with Crippen LogP contribution in [0, 0.1) is 24.6 Å². The number of halogens is 2. The molecule has 1 fully saturated rings. The molecule has 1 saturated carbocycles. The van der Waals surface area contributed by atoms with E-state index in [1.165, 1.54) is 24.5 Å². The van der Waals surface area contributed by atoms with Crippen molar-refractivity contribution in [3.8, 4) is 11.4 Å². The van der Waals surface area contributed by atoms with Crippen LogP contribution in [-0.2, 0) is 14.8 Å². The second-order valence-corrected chi connectivity index (χ2v) is 11.7. The van der Waals surface area contributed by atoms with Crippen LogP contribution in [0.15, 0.2) is 53.8 Å². The summed E-state index contributed by atoms with van der Waals surface area (Å²) in [5.74, 6) is -2.25. The van der Waals surface area contributed by atoms with E-state index in [-0.39, 0.29) is 39.7 Å². The number of aliphatic carboxylic acids is 1. The number of aryl methyl sites for hydroxylation is 1. The summed E-state index contributed by atoms with van der Waals surface area (Å²) in [6.45, 7) is 2.10. The van der Waals surface area contributed by atoms with Crippen molar-refractivity contribution in [1.29, 1.82) is 0 Å². The van der Waals surface area contributed by atoms with Crippen LogP contribution in [0.25, 0.3) is 22.4 Å². The number of fused-ring (bicyclic) bond motifs is 1. The molecule has 0 bridgehead atoms. The van der Waals surface area contributed by atoms with Gasteiger partial charge in [-0.05, 0) is 43.9 Å². The summed E-state index contributed by atoms with van der Waals surface area (Å²) < 4.78 is 42.7. The van der Waals surface area contributed by atoms with Gasteiger partial charge in [-0.2, -0.15) is 0 Å². The summed E-state index contributed by atoms with van der Waals surface area (Å²) in [5.41, 5.74) is 1.34. The lowest BCUT2D eigenvalue weighted by Gasteiger charge is -2.28. The van der Waals surface area contributed by atoms with Crippen LogP contribution in [0.3, 0.4) is 0 Å². The smallest absolute Gasteiger partial charge is 0.306 e. The molecular weight excluding hydrogens is 533 g/mol. The first-order valence-electron chi connectivity index (χ1n) is 12.1. The molecule has 38 heavy (non-hydrogen) atoms. The molecule has 0 aliphatic heterocycles. The Hall–Kier alpha value is -3.57. The molecule has 198 valence electrons. The van der Waals surface area contributed by atoms with E-state index >= 15 is 0 Å². The zero-order valence-electron chi connectivity index (χ0n) is 20.4. The van der Waals surface area contributed by atoms with Crippen LogP contribution in [0.1, 0.15) is 31.2 Å². The average molecular weight is 558 g/mol. The number of carbonyl (C=O) groups is 1. The number of nitrogens with zero attached hydrogens (tertiary/aromatic N) is 4. The van der Waals surface area contributed by atoms with Gasteiger partial charge in [0, 0.05) is 29.9 Å². The Morgan fingerprint density at radius 2 is 1.92 bits per heavy atom. The Kier molecular flexibility index (Phi) is 7.06. The van der Waals surface area contributed by atoms with Crippen LogP contribution < -0.4 is 5.32 Å². The summed E-state index contributed by atoms with van der Waals surface area (Å²) in [5, 5.41) is 13.2. The molecule has 0 amide bonds. The van der Waals surface area contributed by atoms with Gasteiger partial charge in [-0.3, -0.25) is 4.79 Å². The zero-order valence-corrected chi connectivity index (χ0v) is 22.0. The predicted molar refractivity (Wildman–Crippen MR) is 141 cm³/mol. The molecule has 0 spiro atoms.